The first-order chi connectivity index (χ1) is 15.9. The number of hydrogen-bond acceptors (Lipinski definition) is 9. The van der Waals surface area contributed by atoms with Gasteiger partial charge in [0, 0.05) is 42.9 Å². The van der Waals surface area contributed by atoms with E-state index in [4.69, 9.17) is 4.98 Å². The number of pyridine rings is 1. The van der Waals surface area contributed by atoms with Gasteiger partial charge in [0.1, 0.15) is 5.54 Å². The molecule has 4 aromatic rings. The van der Waals surface area contributed by atoms with Gasteiger partial charge in [-0.05, 0) is 30.5 Å². The maximum Gasteiger partial charge on any atom is 0.228 e. The molecular weight excluding hydrogens is 460 g/mol. The molecule has 5 heterocycles. The number of rotatable bonds is 7. The van der Waals surface area contributed by atoms with Crippen molar-refractivity contribution in [2.24, 2.45) is 0 Å². The van der Waals surface area contributed by atoms with Crippen LogP contribution in [0.4, 0.5) is 11.6 Å². The van der Waals surface area contributed by atoms with Gasteiger partial charge in [-0.2, -0.15) is 14.7 Å². The number of sulfonamides is 1. The van der Waals surface area contributed by atoms with Gasteiger partial charge in [-0.1, -0.05) is 0 Å². The van der Waals surface area contributed by atoms with Crippen molar-refractivity contribution in [1.29, 1.82) is 5.26 Å². The van der Waals surface area contributed by atoms with Crippen LogP contribution in [0.3, 0.4) is 0 Å². The van der Waals surface area contributed by atoms with Crippen LogP contribution in [0.5, 0.6) is 0 Å². The van der Waals surface area contributed by atoms with Crippen LogP contribution < -0.4 is 5.32 Å². The zero-order chi connectivity index (χ0) is 23.1. The first-order valence-corrected chi connectivity index (χ1v) is 12.8. The molecule has 1 saturated heterocycles. The summed E-state index contributed by atoms with van der Waals surface area (Å²) in [5, 5.41) is 19.1. The van der Waals surface area contributed by atoms with Gasteiger partial charge < -0.3 is 5.32 Å². The molecule has 0 bridgehead atoms. The summed E-state index contributed by atoms with van der Waals surface area (Å²) in [5.74, 6) is 0.482. The van der Waals surface area contributed by atoms with Crippen LogP contribution in [0.25, 0.3) is 21.5 Å². The van der Waals surface area contributed by atoms with Crippen LogP contribution in [0.1, 0.15) is 13.3 Å². The Labute approximate surface area is 194 Å². The molecule has 33 heavy (non-hydrogen) atoms. The Kier molecular flexibility index (Phi) is 5.32. The number of nitrogens with zero attached hydrogens (tertiary/aromatic N) is 7. The molecule has 0 spiro atoms. The van der Waals surface area contributed by atoms with E-state index < -0.39 is 15.6 Å². The second-order valence-electron chi connectivity index (χ2n) is 7.79. The van der Waals surface area contributed by atoms with E-state index in [0.717, 1.165) is 27.2 Å². The molecule has 4 aromatic heterocycles. The van der Waals surface area contributed by atoms with E-state index in [1.807, 2.05) is 29.8 Å². The summed E-state index contributed by atoms with van der Waals surface area (Å²) in [6.07, 6.45) is 7.08. The zero-order valence-corrected chi connectivity index (χ0v) is 19.3. The van der Waals surface area contributed by atoms with Gasteiger partial charge in [-0.3, -0.25) is 9.67 Å². The largest absolute Gasteiger partial charge is 0.324 e. The Morgan fingerprint density at radius 3 is 2.76 bits per heavy atom. The van der Waals surface area contributed by atoms with Gasteiger partial charge in [0.2, 0.25) is 16.0 Å². The smallest absolute Gasteiger partial charge is 0.228 e. The summed E-state index contributed by atoms with van der Waals surface area (Å²) in [7, 11) is -3.31. The number of anilines is 2. The van der Waals surface area contributed by atoms with E-state index in [0.29, 0.717) is 5.95 Å². The van der Waals surface area contributed by atoms with Crippen LogP contribution in [-0.4, -0.2) is 56.3 Å². The van der Waals surface area contributed by atoms with Crippen LogP contribution in [0, 0.1) is 11.3 Å². The third-order valence-electron chi connectivity index (χ3n) is 5.69. The molecule has 1 aliphatic rings. The fourth-order valence-electron chi connectivity index (χ4n) is 3.86. The Morgan fingerprint density at radius 1 is 1.24 bits per heavy atom. The highest BCUT2D eigenvalue weighted by molar-refractivity contribution is 7.89. The number of fused-ring (bicyclic) bond motifs is 1. The summed E-state index contributed by atoms with van der Waals surface area (Å²) in [6, 6.07) is 7.78. The van der Waals surface area contributed by atoms with Crippen molar-refractivity contribution in [2.75, 3.05) is 24.2 Å². The van der Waals surface area contributed by atoms with E-state index in [1.54, 1.807) is 30.2 Å². The highest BCUT2D eigenvalue weighted by Gasteiger charge is 2.49. The molecule has 1 aliphatic heterocycles. The average Bonchev–Trinajstić information content (AvgIpc) is 3.46. The summed E-state index contributed by atoms with van der Waals surface area (Å²) >= 11 is 1.54. The van der Waals surface area contributed by atoms with Crippen LogP contribution >= 0.6 is 11.3 Å². The molecule has 12 heteroatoms. The molecular formula is C21H20N8O2S2. The maximum atomic E-state index is 12.2. The second kappa shape index (κ2) is 8.18. The Hall–Kier alpha value is -3.40. The molecule has 1 N–H and O–H groups in total. The van der Waals surface area contributed by atoms with Gasteiger partial charge in [0.15, 0.2) is 0 Å². The van der Waals surface area contributed by atoms with Gasteiger partial charge in [0.05, 0.1) is 40.4 Å². The average molecular weight is 481 g/mol. The third kappa shape index (κ3) is 3.84. The third-order valence-corrected chi connectivity index (χ3v) is 8.37. The quantitative estimate of drug-likeness (QED) is 0.427. The fraction of sp³-hybridized carbons (Fsp3) is 0.286. The highest BCUT2D eigenvalue weighted by atomic mass is 32.2. The number of nitriles is 1. The predicted molar refractivity (Wildman–Crippen MR) is 125 cm³/mol. The predicted octanol–water partition coefficient (Wildman–Crippen LogP) is 2.97. The molecule has 168 valence electrons. The fourth-order valence-corrected chi connectivity index (χ4v) is 5.94. The first-order valence-electron chi connectivity index (χ1n) is 10.3. The van der Waals surface area contributed by atoms with Crippen LogP contribution in [0.2, 0.25) is 0 Å². The van der Waals surface area contributed by atoms with Gasteiger partial charge in [0.25, 0.3) is 0 Å². The lowest BCUT2D eigenvalue weighted by atomic mass is 9.89. The summed E-state index contributed by atoms with van der Waals surface area (Å²) < 4.78 is 28.5. The molecule has 0 unspecified atom stereocenters. The minimum atomic E-state index is -3.31. The van der Waals surface area contributed by atoms with Gasteiger partial charge in [-0.25, -0.2) is 18.4 Å². The Bertz CT molecular complexity index is 1450. The van der Waals surface area contributed by atoms with Crippen molar-refractivity contribution >= 4 is 43.2 Å². The summed E-state index contributed by atoms with van der Waals surface area (Å²) in [4.78, 5) is 13.4. The van der Waals surface area contributed by atoms with Crippen molar-refractivity contribution in [1.82, 2.24) is 29.0 Å². The van der Waals surface area contributed by atoms with E-state index >= 15 is 0 Å². The molecule has 0 amide bonds. The number of thiophene rings is 1. The molecule has 0 saturated carbocycles. The number of hydrogen-bond donors (Lipinski definition) is 1. The van der Waals surface area contributed by atoms with Crippen LogP contribution in [-0.2, 0) is 15.6 Å². The minimum absolute atomic E-state index is 0.0323. The minimum Gasteiger partial charge on any atom is -0.324 e. The maximum absolute atomic E-state index is 12.2. The Balaban J connectivity index is 1.50. The Morgan fingerprint density at radius 2 is 2.03 bits per heavy atom. The topological polar surface area (TPSA) is 130 Å². The van der Waals surface area contributed by atoms with E-state index in [-0.39, 0.29) is 25.3 Å². The lowest BCUT2D eigenvalue weighted by Gasteiger charge is -2.47. The molecule has 10 nitrogen and oxygen atoms in total. The standard InChI is InChI=1S/C21H20N8O2S2/c1-2-33(30,31)28-13-21(14-28,6-7-22)29-12-15(11-24-29)18-19-17(5-10-32-19)26-20(27-18)25-16-3-8-23-9-4-16/h3-5,8-12H,2,6,13-14H2,1H3,(H,23,25,26,27). The van der Waals surface area contributed by atoms with Gasteiger partial charge >= 0.3 is 0 Å². The SMILES string of the molecule is CCS(=O)(=O)N1CC(CC#N)(n2cc(-c3nc(Nc4ccncc4)nc4ccsc34)cn2)C1. The first kappa shape index (κ1) is 21.4. The van der Waals surface area contributed by atoms with E-state index in [2.05, 4.69) is 26.5 Å². The lowest BCUT2D eigenvalue weighted by molar-refractivity contribution is 0.0719. The van der Waals surface area contributed by atoms with Crippen molar-refractivity contribution in [3.05, 3.63) is 48.4 Å². The molecule has 1 fully saturated rings. The normalized spacial score (nSPS) is 15.8. The molecule has 0 radical (unpaired) electrons. The van der Waals surface area contributed by atoms with E-state index in [9.17, 15) is 13.7 Å². The summed E-state index contributed by atoms with van der Waals surface area (Å²) in [5.41, 5.74) is 2.44. The zero-order valence-electron chi connectivity index (χ0n) is 17.7. The molecule has 0 aromatic carbocycles. The molecule has 0 atom stereocenters. The monoisotopic (exact) mass is 480 g/mol. The number of aromatic nitrogens is 5. The van der Waals surface area contributed by atoms with E-state index in [1.165, 1.54) is 15.6 Å². The second-order valence-corrected chi connectivity index (χ2v) is 11.0. The van der Waals surface area contributed by atoms with Crippen molar-refractivity contribution in [3.63, 3.8) is 0 Å². The molecule has 5 rings (SSSR count). The molecule has 0 aliphatic carbocycles. The van der Waals surface area contributed by atoms with Crippen molar-refractivity contribution < 1.29 is 8.42 Å². The van der Waals surface area contributed by atoms with Crippen molar-refractivity contribution in [3.8, 4) is 17.3 Å². The van der Waals surface area contributed by atoms with Crippen molar-refractivity contribution in [2.45, 2.75) is 18.9 Å². The van der Waals surface area contributed by atoms with Gasteiger partial charge in [-0.15, -0.1) is 11.3 Å². The van der Waals surface area contributed by atoms with Crippen LogP contribution in [0.15, 0.2) is 48.4 Å². The number of nitrogens with one attached hydrogen (secondary N) is 1. The summed E-state index contributed by atoms with van der Waals surface area (Å²) in [6.45, 7) is 2.07. The lowest BCUT2D eigenvalue weighted by Crippen LogP contribution is -2.64. The highest BCUT2D eigenvalue weighted by Crippen LogP contribution is 2.37.